The van der Waals surface area contributed by atoms with Crippen molar-refractivity contribution in [1.82, 2.24) is 0 Å². The van der Waals surface area contributed by atoms with Crippen LogP contribution in [0.25, 0.3) is 87.3 Å². The lowest BCUT2D eigenvalue weighted by Crippen LogP contribution is -2.13. The van der Waals surface area contributed by atoms with Crippen LogP contribution >= 0.6 is 0 Å². The number of rotatable bonds is 5. The van der Waals surface area contributed by atoms with Crippen LogP contribution < -0.4 is 4.90 Å². The molecular weight excluding hydrogens is 679 g/mol. The Morgan fingerprint density at radius 3 is 1.54 bits per heavy atom. The standard InChI is InChI=1S/C54H37NO/c1-34-31-39(36-13-5-3-6-14-36)21-28-49(34)55(50-29-22-40(32-35(50)2)37-15-7-4-8-16-37)41-24-25-46-48(33-41)44-20-12-11-19-43(44)45-26-27-47-52-42-18-10-9-17-38(42)23-30-51(52)56-54(47)53(45)46/h3-33H,1-2H3. The molecule has 0 bridgehead atoms. The Balaban J connectivity index is 1.17. The van der Waals surface area contributed by atoms with Crippen LogP contribution in [0.3, 0.4) is 0 Å². The van der Waals surface area contributed by atoms with Gasteiger partial charge in [-0.15, -0.1) is 0 Å². The van der Waals surface area contributed by atoms with E-state index in [0.717, 1.165) is 39.0 Å². The van der Waals surface area contributed by atoms with Crippen LogP contribution in [0.5, 0.6) is 0 Å². The number of hydrogen-bond acceptors (Lipinski definition) is 2. The smallest absolute Gasteiger partial charge is 0.143 e. The van der Waals surface area contributed by atoms with Crippen molar-refractivity contribution in [3.63, 3.8) is 0 Å². The molecule has 0 spiro atoms. The SMILES string of the molecule is Cc1cc(-c2ccccc2)ccc1N(c1ccc2c(c1)c1ccccc1c1ccc3c(oc4ccc5ccccc5c43)c12)c1ccc(-c2ccccc2)cc1C. The largest absolute Gasteiger partial charge is 0.455 e. The fourth-order valence-corrected chi connectivity index (χ4v) is 9.01. The van der Waals surface area contributed by atoms with E-state index in [2.05, 4.69) is 207 Å². The first kappa shape index (κ1) is 32.3. The van der Waals surface area contributed by atoms with Gasteiger partial charge in [-0.05, 0) is 133 Å². The minimum atomic E-state index is 0.916. The average Bonchev–Trinajstić information content (AvgIpc) is 3.65. The molecule has 0 unspecified atom stereocenters. The fraction of sp³-hybridized carbons (Fsp3) is 0.0370. The molecule has 0 aliphatic rings. The van der Waals surface area contributed by atoms with Crippen molar-refractivity contribution >= 4 is 82.1 Å². The minimum absolute atomic E-state index is 0.916. The van der Waals surface area contributed by atoms with Gasteiger partial charge in [-0.25, -0.2) is 0 Å². The summed E-state index contributed by atoms with van der Waals surface area (Å²) in [7, 11) is 0. The van der Waals surface area contributed by atoms with Gasteiger partial charge in [-0.1, -0.05) is 140 Å². The molecule has 56 heavy (non-hydrogen) atoms. The van der Waals surface area contributed by atoms with Gasteiger partial charge in [0.15, 0.2) is 0 Å². The summed E-state index contributed by atoms with van der Waals surface area (Å²) in [4.78, 5) is 2.44. The van der Waals surface area contributed by atoms with Crippen molar-refractivity contribution < 1.29 is 4.42 Å². The molecule has 0 saturated heterocycles. The highest BCUT2D eigenvalue weighted by Gasteiger charge is 2.22. The molecule has 264 valence electrons. The molecule has 10 aromatic carbocycles. The third kappa shape index (κ3) is 5.03. The van der Waals surface area contributed by atoms with E-state index in [1.165, 1.54) is 76.5 Å². The zero-order valence-electron chi connectivity index (χ0n) is 31.3. The second kappa shape index (κ2) is 12.7. The Kier molecular flexibility index (Phi) is 7.33. The van der Waals surface area contributed by atoms with E-state index in [9.17, 15) is 0 Å². The molecule has 2 heteroatoms. The number of hydrogen-bond donors (Lipinski definition) is 0. The predicted molar refractivity (Wildman–Crippen MR) is 239 cm³/mol. The van der Waals surface area contributed by atoms with Crippen molar-refractivity contribution in [1.29, 1.82) is 0 Å². The second-order valence-corrected chi connectivity index (χ2v) is 15.0. The maximum Gasteiger partial charge on any atom is 0.143 e. The van der Waals surface area contributed by atoms with Crippen molar-refractivity contribution in [2.75, 3.05) is 4.90 Å². The van der Waals surface area contributed by atoms with Gasteiger partial charge in [0.1, 0.15) is 11.2 Å². The normalized spacial score (nSPS) is 11.8. The summed E-state index contributed by atoms with van der Waals surface area (Å²) in [5.74, 6) is 0. The first-order chi connectivity index (χ1) is 27.6. The molecule has 1 aromatic heterocycles. The zero-order chi connectivity index (χ0) is 37.3. The van der Waals surface area contributed by atoms with E-state index in [-0.39, 0.29) is 0 Å². The molecule has 1 heterocycles. The molecule has 11 rings (SSSR count). The highest BCUT2D eigenvalue weighted by Crippen LogP contribution is 2.46. The van der Waals surface area contributed by atoms with Crippen LogP contribution in [-0.4, -0.2) is 0 Å². The van der Waals surface area contributed by atoms with E-state index < -0.39 is 0 Å². The quantitative estimate of drug-likeness (QED) is 0.165. The van der Waals surface area contributed by atoms with Gasteiger partial charge in [-0.3, -0.25) is 0 Å². The molecule has 2 nitrogen and oxygen atoms in total. The number of fused-ring (bicyclic) bond motifs is 12. The Hall–Kier alpha value is -7.16. The summed E-state index contributed by atoms with van der Waals surface area (Å²) in [6.45, 7) is 4.46. The molecular formula is C54H37NO. The lowest BCUT2D eigenvalue weighted by atomic mass is 9.92. The lowest BCUT2D eigenvalue weighted by molar-refractivity contribution is 0.673. The number of nitrogens with zero attached hydrogens (tertiary/aromatic N) is 1. The predicted octanol–water partition coefficient (Wildman–Crippen LogP) is 15.6. The first-order valence-electron chi connectivity index (χ1n) is 19.3. The summed E-state index contributed by atoms with van der Waals surface area (Å²) in [5.41, 5.74) is 12.5. The van der Waals surface area contributed by atoms with Gasteiger partial charge < -0.3 is 9.32 Å². The van der Waals surface area contributed by atoms with E-state index in [1.807, 2.05) is 0 Å². The van der Waals surface area contributed by atoms with Crippen molar-refractivity contribution in [2.24, 2.45) is 0 Å². The third-order valence-electron chi connectivity index (χ3n) is 11.7. The molecule has 0 radical (unpaired) electrons. The zero-order valence-corrected chi connectivity index (χ0v) is 31.3. The van der Waals surface area contributed by atoms with E-state index >= 15 is 0 Å². The van der Waals surface area contributed by atoms with Crippen LogP contribution in [0.15, 0.2) is 192 Å². The van der Waals surface area contributed by atoms with Crippen LogP contribution in [0.1, 0.15) is 11.1 Å². The van der Waals surface area contributed by atoms with Crippen LogP contribution in [0.2, 0.25) is 0 Å². The van der Waals surface area contributed by atoms with Crippen LogP contribution in [-0.2, 0) is 0 Å². The minimum Gasteiger partial charge on any atom is -0.455 e. The highest BCUT2D eigenvalue weighted by molar-refractivity contribution is 6.34. The fourth-order valence-electron chi connectivity index (χ4n) is 9.01. The Bertz CT molecular complexity index is 3230. The summed E-state index contributed by atoms with van der Waals surface area (Å²) in [6.07, 6.45) is 0. The van der Waals surface area contributed by atoms with Gasteiger partial charge in [0.2, 0.25) is 0 Å². The van der Waals surface area contributed by atoms with E-state index in [1.54, 1.807) is 0 Å². The van der Waals surface area contributed by atoms with Crippen molar-refractivity contribution in [3.05, 3.63) is 199 Å². The molecule has 0 saturated carbocycles. The van der Waals surface area contributed by atoms with Crippen LogP contribution in [0.4, 0.5) is 17.1 Å². The lowest BCUT2D eigenvalue weighted by Gasteiger charge is -2.29. The Morgan fingerprint density at radius 2 is 0.893 bits per heavy atom. The first-order valence-corrected chi connectivity index (χ1v) is 19.3. The van der Waals surface area contributed by atoms with Gasteiger partial charge in [0, 0.05) is 33.2 Å². The molecule has 0 amide bonds. The second-order valence-electron chi connectivity index (χ2n) is 15.0. The molecule has 0 aliphatic carbocycles. The molecule has 0 atom stereocenters. The van der Waals surface area contributed by atoms with Gasteiger partial charge in [0.05, 0.1) is 0 Å². The Morgan fingerprint density at radius 1 is 0.357 bits per heavy atom. The maximum atomic E-state index is 6.86. The van der Waals surface area contributed by atoms with E-state index in [0.29, 0.717) is 0 Å². The van der Waals surface area contributed by atoms with Gasteiger partial charge in [0.25, 0.3) is 0 Å². The number of benzene rings is 10. The summed E-state index contributed by atoms with van der Waals surface area (Å²) in [5, 5.41) is 11.9. The maximum absolute atomic E-state index is 6.86. The monoisotopic (exact) mass is 715 g/mol. The third-order valence-corrected chi connectivity index (χ3v) is 11.7. The molecule has 0 aliphatic heterocycles. The summed E-state index contributed by atoms with van der Waals surface area (Å²) < 4.78 is 6.86. The number of anilines is 3. The van der Waals surface area contributed by atoms with E-state index in [4.69, 9.17) is 4.42 Å². The number of furan rings is 1. The summed E-state index contributed by atoms with van der Waals surface area (Å²) in [6, 6.07) is 68.3. The van der Waals surface area contributed by atoms with Crippen molar-refractivity contribution in [2.45, 2.75) is 13.8 Å². The molecule has 0 fully saturated rings. The van der Waals surface area contributed by atoms with Crippen molar-refractivity contribution in [3.8, 4) is 22.3 Å². The topological polar surface area (TPSA) is 16.4 Å². The molecule has 11 aromatic rings. The van der Waals surface area contributed by atoms with Gasteiger partial charge >= 0.3 is 0 Å². The Labute approximate surface area is 325 Å². The number of aryl methyl sites for hydroxylation is 2. The van der Waals surface area contributed by atoms with Crippen LogP contribution in [0, 0.1) is 13.8 Å². The highest BCUT2D eigenvalue weighted by atomic mass is 16.3. The average molecular weight is 716 g/mol. The molecule has 0 N–H and O–H groups in total. The van der Waals surface area contributed by atoms with Gasteiger partial charge in [-0.2, -0.15) is 0 Å². The summed E-state index contributed by atoms with van der Waals surface area (Å²) >= 11 is 0.